The molecule has 124 valence electrons. The molecule has 0 aliphatic carbocycles. The van der Waals surface area contributed by atoms with Gasteiger partial charge in [-0.2, -0.15) is 0 Å². The van der Waals surface area contributed by atoms with E-state index in [1.165, 1.54) is 11.0 Å². The molecule has 1 heterocycles. The number of rotatable bonds is 4. The fraction of sp³-hybridized carbons (Fsp3) is 0.263. The highest BCUT2D eigenvalue weighted by molar-refractivity contribution is 5.97. The third-order valence-electron chi connectivity index (χ3n) is 4.21. The summed E-state index contributed by atoms with van der Waals surface area (Å²) in [5, 5.41) is 0. The van der Waals surface area contributed by atoms with E-state index >= 15 is 0 Å². The Bertz CT molecular complexity index is 758. The smallest absolute Gasteiger partial charge is 0.253 e. The number of carbonyl (C=O) groups is 2. The molecule has 24 heavy (non-hydrogen) atoms. The Morgan fingerprint density at radius 3 is 2.50 bits per heavy atom. The van der Waals surface area contributed by atoms with Crippen molar-refractivity contribution in [3.63, 3.8) is 0 Å². The van der Waals surface area contributed by atoms with Crippen molar-refractivity contribution in [1.29, 1.82) is 0 Å². The van der Waals surface area contributed by atoms with Gasteiger partial charge in [-0.1, -0.05) is 18.2 Å². The SMILES string of the molecule is CN(Cc1ccccc1F)C(=O)c1ccc(N2CCCC2=O)cc1. The summed E-state index contributed by atoms with van der Waals surface area (Å²) < 4.78 is 13.7. The zero-order valence-electron chi connectivity index (χ0n) is 13.5. The molecule has 0 saturated carbocycles. The summed E-state index contributed by atoms with van der Waals surface area (Å²) in [7, 11) is 1.65. The van der Waals surface area contributed by atoms with Gasteiger partial charge in [0.25, 0.3) is 5.91 Å². The lowest BCUT2D eigenvalue weighted by Gasteiger charge is -2.19. The van der Waals surface area contributed by atoms with Crippen LogP contribution in [-0.2, 0) is 11.3 Å². The van der Waals surface area contributed by atoms with Crippen molar-refractivity contribution in [2.24, 2.45) is 0 Å². The van der Waals surface area contributed by atoms with E-state index in [-0.39, 0.29) is 24.2 Å². The van der Waals surface area contributed by atoms with Crippen molar-refractivity contribution in [1.82, 2.24) is 4.90 Å². The summed E-state index contributed by atoms with van der Waals surface area (Å²) in [5.41, 5.74) is 1.81. The first-order valence-electron chi connectivity index (χ1n) is 7.95. The maximum Gasteiger partial charge on any atom is 0.253 e. The van der Waals surface area contributed by atoms with E-state index < -0.39 is 0 Å². The molecular formula is C19H19FN2O2. The number of hydrogen-bond acceptors (Lipinski definition) is 2. The van der Waals surface area contributed by atoms with Crippen LogP contribution in [0.3, 0.4) is 0 Å². The lowest BCUT2D eigenvalue weighted by atomic mass is 10.1. The number of carbonyl (C=O) groups excluding carboxylic acids is 2. The average molecular weight is 326 g/mol. The van der Waals surface area contributed by atoms with Crippen LogP contribution in [0.5, 0.6) is 0 Å². The van der Waals surface area contributed by atoms with E-state index in [4.69, 9.17) is 0 Å². The van der Waals surface area contributed by atoms with E-state index in [1.54, 1.807) is 54.4 Å². The number of amides is 2. The summed E-state index contributed by atoms with van der Waals surface area (Å²) in [4.78, 5) is 27.4. The van der Waals surface area contributed by atoms with Crippen LogP contribution >= 0.6 is 0 Å². The second kappa shape index (κ2) is 6.83. The molecule has 0 aromatic heterocycles. The second-order valence-corrected chi connectivity index (χ2v) is 5.95. The molecule has 4 nitrogen and oxygen atoms in total. The van der Waals surface area contributed by atoms with E-state index in [2.05, 4.69) is 0 Å². The number of anilines is 1. The lowest BCUT2D eigenvalue weighted by Crippen LogP contribution is -2.27. The van der Waals surface area contributed by atoms with Gasteiger partial charge in [-0.3, -0.25) is 9.59 Å². The first-order valence-corrected chi connectivity index (χ1v) is 7.95. The minimum absolute atomic E-state index is 0.116. The molecule has 2 aromatic carbocycles. The summed E-state index contributed by atoms with van der Waals surface area (Å²) in [6.07, 6.45) is 1.44. The quantitative estimate of drug-likeness (QED) is 0.865. The Balaban J connectivity index is 1.70. The molecule has 0 atom stereocenters. The van der Waals surface area contributed by atoms with Crippen molar-refractivity contribution in [2.75, 3.05) is 18.5 Å². The monoisotopic (exact) mass is 326 g/mol. The van der Waals surface area contributed by atoms with Crippen molar-refractivity contribution in [3.05, 3.63) is 65.5 Å². The van der Waals surface area contributed by atoms with E-state index in [9.17, 15) is 14.0 Å². The van der Waals surface area contributed by atoms with Gasteiger partial charge in [0.1, 0.15) is 5.82 Å². The van der Waals surface area contributed by atoms with Crippen LogP contribution in [0.15, 0.2) is 48.5 Å². The Morgan fingerprint density at radius 2 is 1.88 bits per heavy atom. The molecule has 5 heteroatoms. The van der Waals surface area contributed by atoms with Gasteiger partial charge in [0, 0.05) is 43.4 Å². The molecule has 0 spiro atoms. The van der Waals surface area contributed by atoms with Gasteiger partial charge in [-0.25, -0.2) is 4.39 Å². The normalized spacial score (nSPS) is 14.1. The number of benzene rings is 2. The van der Waals surface area contributed by atoms with Gasteiger partial charge in [-0.15, -0.1) is 0 Å². The van der Waals surface area contributed by atoms with Crippen LogP contribution in [-0.4, -0.2) is 30.3 Å². The molecule has 2 aromatic rings. The fourth-order valence-corrected chi connectivity index (χ4v) is 2.88. The standard InChI is InChI=1S/C19H19FN2O2/c1-21(13-15-5-2-3-6-17(15)20)19(24)14-8-10-16(11-9-14)22-12-4-7-18(22)23/h2-3,5-6,8-11H,4,7,12-13H2,1H3. The molecule has 0 radical (unpaired) electrons. The Kier molecular flexibility index (Phi) is 4.60. The second-order valence-electron chi connectivity index (χ2n) is 5.95. The third-order valence-corrected chi connectivity index (χ3v) is 4.21. The summed E-state index contributed by atoms with van der Waals surface area (Å²) in [5.74, 6) is -0.386. The predicted octanol–water partition coefficient (Wildman–Crippen LogP) is 3.22. The first kappa shape index (κ1) is 16.2. The highest BCUT2D eigenvalue weighted by atomic mass is 19.1. The highest BCUT2D eigenvalue weighted by Gasteiger charge is 2.22. The van der Waals surface area contributed by atoms with Gasteiger partial charge in [0.05, 0.1) is 0 Å². The van der Waals surface area contributed by atoms with Crippen LogP contribution in [0.1, 0.15) is 28.8 Å². The molecule has 0 unspecified atom stereocenters. The van der Waals surface area contributed by atoms with Gasteiger partial charge < -0.3 is 9.80 Å². The van der Waals surface area contributed by atoms with E-state index in [0.717, 1.165) is 18.7 Å². The lowest BCUT2D eigenvalue weighted by molar-refractivity contribution is -0.117. The first-order chi connectivity index (χ1) is 11.6. The topological polar surface area (TPSA) is 40.6 Å². The summed E-state index contributed by atoms with van der Waals surface area (Å²) in [6, 6.07) is 13.4. The number of nitrogens with zero attached hydrogens (tertiary/aromatic N) is 2. The Hall–Kier alpha value is -2.69. The molecule has 2 amide bonds. The minimum atomic E-state index is -0.319. The van der Waals surface area contributed by atoms with E-state index in [1.807, 2.05) is 0 Å². The molecule has 1 saturated heterocycles. The largest absolute Gasteiger partial charge is 0.337 e. The third kappa shape index (κ3) is 3.30. The van der Waals surface area contributed by atoms with E-state index in [0.29, 0.717) is 17.5 Å². The minimum Gasteiger partial charge on any atom is -0.337 e. The van der Waals surface area contributed by atoms with Crippen molar-refractivity contribution >= 4 is 17.5 Å². The van der Waals surface area contributed by atoms with Crippen LogP contribution in [0, 0.1) is 5.82 Å². The molecule has 1 aliphatic heterocycles. The highest BCUT2D eigenvalue weighted by Crippen LogP contribution is 2.22. The number of halogens is 1. The number of hydrogen-bond donors (Lipinski definition) is 0. The van der Waals surface area contributed by atoms with Gasteiger partial charge >= 0.3 is 0 Å². The molecule has 0 N–H and O–H groups in total. The molecule has 3 rings (SSSR count). The zero-order chi connectivity index (χ0) is 17.1. The van der Waals surface area contributed by atoms with Crippen LogP contribution in [0.4, 0.5) is 10.1 Å². The van der Waals surface area contributed by atoms with Crippen molar-refractivity contribution in [3.8, 4) is 0 Å². The average Bonchev–Trinajstić information content (AvgIpc) is 3.02. The fourth-order valence-electron chi connectivity index (χ4n) is 2.88. The van der Waals surface area contributed by atoms with Crippen LogP contribution in [0.2, 0.25) is 0 Å². The van der Waals surface area contributed by atoms with Gasteiger partial charge in [0.2, 0.25) is 5.91 Å². The predicted molar refractivity (Wildman–Crippen MR) is 90.2 cm³/mol. The zero-order valence-corrected chi connectivity index (χ0v) is 13.5. The van der Waals surface area contributed by atoms with Crippen molar-refractivity contribution in [2.45, 2.75) is 19.4 Å². The van der Waals surface area contributed by atoms with Crippen molar-refractivity contribution < 1.29 is 14.0 Å². The molecule has 1 aliphatic rings. The Morgan fingerprint density at radius 1 is 1.17 bits per heavy atom. The summed E-state index contributed by atoms with van der Waals surface area (Å²) in [6.45, 7) is 0.928. The van der Waals surface area contributed by atoms with Gasteiger partial charge in [0.15, 0.2) is 0 Å². The Labute approximate surface area is 140 Å². The van der Waals surface area contributed by atoms with Crippen LogP contribution in [0.25, 0.3) is 0 Å². The maximum atomic E-state index is 13.7. The maximum absolute atomic E-state index is 13.7. The van der Waals surface area contributed by atoms with Crippen LogP contribution < -0.4 is 4.90 Å². The molecule has 0 bridgehead atoms. The summed E-state index contributed by atoms with van der Waals surface area (Å²) >= 11 is 0. The van der Waals surface area contributed by atoms with Gasteiger partial charge in [-0.05, 0) is 36.8 Å². The molecular weight excluding hydrogens is 307 g/mol. The molecule has 1 fully saturated rings.